The monoisotopic (exact) mass is 247 g/mol. The van der Waals surface area contributed by atoms with Crippen molar-refractivity contribution < 1.29 is 9.90 Å². The lowest BCUT2D eigenvalue weighted by Gasteiger charge is -2.33. The summed E-state index contributed by atoms with van der Waals surface area (Å²) >= 11 is 0. The first-order valence-corrected chi connectivity index (χ1v) is 6.82. The second-order valence-electron chi connectivity index (χ2n) is 4.93. The number of benzene rings is 1. The average molecular weight is 247 g/mol. The highest BCUT2D eigenvalue weighted by Gasteiger charge is 2.24. The van der Waals surface area contributed by atoms with Crippen molar-refractivity contribution in [2.24, 2.45) is 0 Å². The van der Waals surface area contributed by atoms with E-state index in [-0.39, 0.29) is 11.7 Å². The summed E-state index contributed by atoms with van der Waals surface area (Å²) in [5, 5.41) is 9.46. The van der Waals surface area contributed by atoms with E-state index in [1.54, 1.807) is 24.3 Å². The Labute approximate surface area is 108 Å². The lowest BCUT2D eigenvalue weighted by Crippen LogP contribution is -2.41. The molecule has 0 atom stereocenters. The molecule has 3 heteroatoms. The predicted octanol–water partition coefficient (Wildman–Crippen LogP) is 3.19. The van der Waals surface area contributed by atoms with Crippen LogP contribution in [-0.4, -0.2) is 28.5 Å². The van der Waals surface area contributed by atoms with Crippen LogP contribution in [0.25, 0.3) is 0 Å². The lowest BCUT2D eigenvalue weighted by atomic mass is 9.93. The number of aromatic hydroxyl groups is 1. The van der Waals surface area contributed by atoms with E-state index in [4.69, 9.17) is 0 Å². The fraction of sp³-hybridized carbons (Fsp3) is 0.533. The lowest BCUT2D eigenvalue weighted by molar-refractivity contribution is 0.0647. The summed E-state index contributed by atoms with van der Waals surface area (Å²) in [6, 6.07) is 7.00. The third-order valence-electron chi connectivity index (χ3n) is 3.71. The van der Waals surface area contributed by atoms with Crippen molar-refractivity contribution in [2.45, 2.75) is 45.1 Å². The van der Waals surface area contributed by atoms with Gasteiger partial charge in [0.1, 0.15) is 5.75 Å². The van der Waals surface area contributed by atoms with E-state index in [0.717, 1.165) is 19.4 Å². The molecular formula is C15H21NO2. The molecule has 1 aromatic carbocycles. The summed E-state index contributed by atoms with van der Waals surface area (Å²) in [5.41, 5.74) is 0.586. The summed E-state index contributed by atoms with van der Waals surface area (Å²) in [6.45, 7) is 2.76. The normalized spacial score (nSPS) is 16.5. The Morgan fingerprint density at radius 2 is 2.06 bits per heavy atom. The van der Waals surface area contributed by atoms with Gasteiger partial charge in [-0.15, -0.1) is 0 Å². The number of hydrogen-bond acceptors (Lipinski definition) is 2. The Morgan fingerprint density at radius 1 is 1.33 bits per heavy atom. The summed E-state index contributed by atoms with van der Waals surface area (Å²) in [7, 11) is 0. The Kier molecular flexibility index (Phi) is 4.24. The molecule has 0 aliphatic heterocycles. The molecule has 1 fully saturated rings. The third-order valence-corrected chi connectivity index (χ3v) is 3.71. The molecule has 0 heterocycles. The van der Waals surface area contributed by atoms with Crippen LogP contribution in [0.3, 0.4) is 0 Å². The number of carbonyl (C=O) groups excluding carboxylic acids is 1. The predicted molar refractivity (Wildman–Crippen MR) is 71.7 cm³/mol. The van der Waals surface area contributed by atoms with Crippen LogP contribution in [0.4, 0.5) is 0 Å². The Hall–Kier alpha value is -1.51. The van der Waals surface area contributed by atoms with Crippen molar-refractivity contribution in [3.05, 3.63) is 29.8 Å². The van der Waals surface area contributed by atoms with Crippen molar-refractivity contribution in [1.29, 1.82) is 0 Å². The number of amides is 1. The van der Waals surface area contributed by atoms with Gasteiger partial charge in [-0.25, -0.2) is 0 Å². The maximum absolute atomic E-state index is 12.4. The van der Waals surface area contributed by atoms with Crippen LogP contribution in [-0.2, 0) is 0 Å². The first kappa shape index (κ1) is 12.9. The molecule has 0 bridgehead atoms. The standard InChI is InChI=1S/C15H21NO2/c1-2-16(13-8-4-3-5-9-13)15(18)12-7-6-10-14(17)11-12/h6-7,10-11,13,17H,2-5,8-9H2,1H3. The van der Waals surface area contributed by atoms with Gasteiger partial charge < -0.3 is 10.0 Å². The van der Waals surface area contributed by atoms with E-state index in [9.17, 15) is 9.90 Å². The molecule has 2 rings (SSSR count). The van der Waals surface area contributed by atoms with E-state index in [1.807, 2.05) is 11.8 Å². The topological polar surface area (TPSA) is 40.5 Å². The van der Waals surface area contributed by atoms with Gasteiger partial charge in [0, 0.05) is 18.2 Å². The molecule has 1 amide bonds. The van der Waals surface area contributed by atoms with Crippen LogP contribution in [0.15, 0.2) is 24.3 Å². The van der Waals surface area contributed by atoms with Gasteiger partial charge in [-0.05, 0) is 38.0 Å². The van der Waals surface area contributed by atoms with Crippen molar-refractivity contribution in [3.8, 4) is 5.75 Å². The summed E-state index contributed by atoms with van der Waals surface area (Å²) in [6.07, 6.45) is 5.94. The van der Waals surface area contributed by atoms with E-state index in [1.165, 1.54) is 19.3 Å². The number of carbonyl (C=O) groups is 1. The molecule has 0 aromatic heterocycles. The number of hydrogen-bond donors (Lipinski definition) is 1. The second-order valence-corrected chi connectivity index (χ2v) is 4.93. The van der Waals surface area contributed by atoms with Gasteiger partial charge in [-0.1, -0.05) is 25.3 Å². The van der Waals surface area contributed by atoms with E-state index >= 15 is 0 Å². The highest BCUT2D eigenvalue weighted by Crippen LogP contribution is 2.24. The fourth-order valence-electron chi connectivity index (χ4n) is 2.77. The van der Waals surface area contributed by atoms with Crippen LogP contribution in [0.1, 0.15) is 49.4 Å². The maximum atomic E-state index is 12.4. The zero-order valence-corrected chi connectivity index (χ0v) is 10.9. The Balaban J connectivity index is 2.14. The van der Waals surface area contributed by atoms with Crippen LogP contribution in [0.2, 0.25) is 0 Å². The molecule has 1 saturated carbocycles. The van der Waals surface area contributed by atoms with Gasteiger partial charge in [0.05, 0.1) is 0 Å². The van der Waals surface area contributed by atoms with Crippen molar-refractivity contribution in [3.63, 3.8) is 0 Å². The number of rotatable bonds is 3. The Morgan fingerprint density at radius 3 is 2.67 bits per heavy atom. The van der Waals surface area contributed by atoms with Gasteiger partial charge >= 0.3 is 0 Å². The molecular weight excluding hydrogens is 226 g/mol. The molecule has 1 aromatic rings. The summed E-state index contributed by atoms with van der Waals surface area (Å²) < 4.78 is 0. The SMILES string of the molecule is CCN(C(=O)c1cccc(O)c1)C1CCCCC1. The fourth-order valence-corrected chi connectivity index (χ4v) is 2.77. The molecule has 1 aliphatic rings. The largest absolute Gasteiger partial charge is 0.508 e. The first-order valence-electron chi connectivity index (χ1n) is 6.82. The molecule has 0 radical (unpaired) electrons. The van der Waals surface area contributed by atoms with Crippen LogP contribution in [0.5, 0.6) is 5.75 Å². The first-order chi connectivity index (χ1) is 8.72. The zero-order valence-electron chi connectivity index (χ0n) is 10.9. The van der Waals surface area contributed by atoms with Gasteiger partial charge in [0.15, 0.2) is 0 Å². The van der Waals surface area contributed by atoms with Gasteiger partial charge in [0.2, 0.25) is 0 Å². The Bertz CT molecular complexity index is 411. The minimum absolute atomic E-state index is 0.0419. The second kappa shape index (κ2) is 5.89. The molecule has 18 heavy (non-hydrogen) atoms. The van der Waals surface area contributed by atoms with Crippen molar-refractivity contribution in [1.82, 2.24) is 4.90 Å². The number of phenolic OH excluding ortho intramolecular Hbond substituents is 1. The van der Waals surface area contributed by atoms with E-state index in [0.29, 0.717) is 11.6 Å². The smallest absolute Gasteiger partial charge is 0.254 e. The summed E-state index contributed by atoms with van der Waals surface area (Å²) in [5.74, 6) is 0.195. The van der Waals surface area contributed by atoms with E-state index < -0.39 is 0 Å². The van der Waals surface area contributed by atoms with Gasteiger partial charge in [0.25, 0.3) is 5.91 Å². The van der Waals surface area contributed by atoms with Gasteiger partial charge in [-0.3, -0.25) is 4.79 Å². The number of phenols is 1. The van der Waals surface area contributed by atoms with Crippen LogP contribution in [0, 0.1) is 0 Å². The molecule has 0 spiro atoms. The van der Waals surface area contributed by atoms with Crippen molar-refractivity contribution in [2.75, 3.05) is 6.54 Å². The van der Waals surface area contributed by atoms with Gasteiger partial charge in [-0.2, -0.15) is 0 Å². The molecule has 0 unspecified atom stereocenters. The molecule has 1 N–H and O–H groups in total. The van der Waals surface area contributed by atoms with Crippen molar-refractivity contribution >= 4 is 5.91 Å². The summed E-state index contributed by atoms with van der Waals surface area (Å²) in [4.78, 5) is 14.4. The van der Waals surface area contributed by atoms with Crippen LogP contribution >= 0.6 is 0 Å². The zero-order chi connectivity index (χ0) is 13.0. The molecule has 98 valence electrons. The quantitative estimate of drug-likeness (QED) is 0.891. The molecule has 3 nitrogen and oxygen atoms in total. The minimum Gasteiger partial charge on any atom is -0.508 e. The third kappa shape index (κ3) is 2.84. The number of nitrogens with zero attached hydrogens (tertiary/aromatic N) is 1. The highest BCUT2D eigenvalue weighted by atomic mass is 16.3. The maximum Gasteiger partial charge on any atom is 0.254 e. The van der Waals surface area contributed by atoms with E-state index in [2.05, 4.69) is 0 Å². The minimum atomic E-state index is 0.0419. The molecule has 0 saturated heterocycles. The van der Waals surface area contributed by atoms with Crippen LogP contribution < -0.4 is 0 Å². The average Bonchev–Trinajstić information content (AvgIpc) is 2.41. The molecule has 1 aliphatic carbocycles. The highest BCUT2D eigenvalue weighted by molar-refractivity contribution is 5.94.